The first-order valence-electron chi connectivity index (χ1n) is 10.8. The van der Waals surface area contributed by atoms with Gasteiger partial charge in [0, 0.05) is 17.8 Å². The molecule has 0 unspecified atom stereocenters. The summed E-state index contributed by atoms with van der Waals surface area (Å²) < 4.78 is 7.14. The molecule has 35 heavy (non-hydrogen) atoms. The number of aliphatic hydroxyl groups excluding tert-OH is 1. The molecular weight excluding hydrogens is 508 g/mol. The van der Waals surface area contributed by atoms with E-state index >= 15 is 0 Å². The molecule has 1 fully saturated rings. The molecule has 3 heterocycles. The Kier molecular flexibility index (Phi) is 8.19. The summed E-state index contributed by atoms with van der Waals surface area (Å²) in [6.45, 7) is 2.93. The van der Waals surface area contributed by atoms with E-state index in [0.717, 1.165) is 22.9 Å². The third-order valence-electron chi connectivity index (χ3n) is 5.29. The third kappa shape index (κ3) is 5.57. The third-order valence-corrected chi connectivity index (χ3v) is 7.04. The van der Waals surface area contributed by atoms with E-state index in [1.165, 1.54) is 15.4 Å². The second-order valence-corrected chi connectivity index (χ2v) is 9.77. The summed E-state index contributed by atoms with van der Waals surface area (Å²) in [6, 6.07) is 10.9. The number of fused-ring (bicyclic) bond motifs is 1. The number of nitrogens with one attached hydrogen (secondary N) is 1. The van der Waals surface area contributed by atoms with Crippen molar-refractivity contribution >= 4 is 63.3 Å². The number of thioether (sulfide) groups is 1. The Bertz CT molecular complexity index is 1380. The Balaban J connectivity index is 1.69. The number of hydrogen-bond donors (Lipinski definition) is 2. The summed E-state index contributed by atoms with van der Waals surface area (Å²) in [6.07, 6.45) is 3.18. The van der Waals surface area contributed by atoms with Gasteiger partial charge in [0.2, 0.25) is 0 Å². The Hall–Kier alpha value is -2.76. The van der Waals surface area contributed by atoms with Crippen molar-refractivity contribution in [2.24, 2.45) is 0 Å². The van der Waals surface area contributed by atoms with Crippen LogP contribution in [0.1, 0.15) is 16.7 Å². The van der Waals surface area contributed by atoms with E-state index in [4.69, 9.17) is 33.7 Å². The van der Waals surface area contributed by atoms with Crippen molar-refractivity contribution in [3.8, 4) is 0 Å². The first-order valence-corrected chi connectivity index (χ1v) is 12.4. The largest absolute Gasteiger partial charge is 0.394 e. The van der Waals surface area contributed by atoms with E-state index in [1.807, 2.05) is 31.2 Å². The quantitative estimate of drug-likeness (QED) is 0.247. The number of benzene rings is 1. The van der Waals surface area contributed by atoms with Crippen LogP contribution in [0.3, 0.4) is 0 Å². The predicted octanol–water partition coefficient (Wildman–Crippen LogP) is 3.48. The van der Waals surface area contributed by atoms with Crippen LogP contribution in [0.25, 0.3) is 11.7 Å². The number of carbonyl (C=O) groups excluding carboxylic acids is 1. The summed E-state index contributed by atoms with van der Waals surface area (Å²) in [5.41, 5.74) is 2.06. The average Bonchev–Trinajstić information content (AvgIpc) is 3.10. The molecule has 3 aromatic rings. The molecule has 0 bridgehead atoms. The number of carbonyl (C=O) groups is 1. The van der Waals surface area contributed by atoms with E-state index in [-0.39, 0.29) is 36.8 Å². The smallest absolute Gasteiger partial charge is 0.267 e. The Morgan fingerprint density at radius 1 is 1.23 bits per heavy atom. The standard InChI is InChI=1S/C24H23ClN4O4S2/c1-15-5-4-9-28-21(15)27-20(26-8-11-33-12-10-30)17(22(28)31)13-19-23(32)29(24(34)35-19)14-16-6-2-3-7-18(16)25/h2-7,9,13,26,30H,8,10-12,14H2,1H3/b19-13+. The second-order valence-electron chi connectivity index (χ2n) is 7.69. The molecule has 1 saturated heterocycles. The lowest BCUT2D eigenvalue weighted by Crippen LogP contribution is -2.27. The number of ether oxygens (including phenoxy) is 1. The van der Waals surface area contributed by atoms with Crippen LogP contribution in [-0.2, 0) is 16.1 Å². The molecule has 2 aromatic heterocycles. The summed E-state index contributed by atoms with van der Waals surface area (Å²) in [7, 11) is 0. The highest BCUT2D eigenvalue weighted by Crippen LogP contribution is 2.34. The number of amides is 1. The van der Waals surface area contributed by atoms with Gasteiger partial charge in [0.15, 0.2) is 0 Å². The zero-order chi connectivity index (χ0) is 24.9. The minimum atomic E-state index is -0.311. The number of halogens is 1. The van der Waals surface area contributed by atoms with Crippen molar-refractivity contribution in [1.29, 1.82) is 0 Å². The summed E-state index contributed by atoms with van der Waals surface area (Å²) >= 11 is 12.9. The Morgan fingerprint density at radius 3 is 2.80 bits per heavy atom. The minimum absolute atomic E-state index is 0.0734. The number of nitrogens with zero attached hydrogens (tertiary/aromatic N) is 3. The molecule has 4 rings (SSSR count). The number of hydrogen-bond acceptors (Lipinski definition) is 8. The lowest BCUT2D eigenvalue weighted by Gasteiger charge is -2.15. The number of aryl methyl sites for hydroxylation is 1. The zero-order valence-electron chi connectivity index (χ0n) is 18.9. The lowest BCUT2D eigenvalue weighted by molar-refractivity contribution is -0.122. The van der Waals surface area contributed by atoms with Gasteiger partial charge in [-0.1, -0.05) is 59.8 Å². The summed E-state index contributed by atoms with van der Waals surface area (Å²) in [5.74, 6) is 0.0409. The van der Waals surface area contributed by atoms with E-state index in [9.17, 15) is 9.59 Å². The lowest BCUT2D eigenvalue weighted by atomic mass is 10.2. The molecule has 182 valence electrons. The van der Waals surface area contributed by atoms with E-state index < -0.39 is 0 Å². The number of pyridine rings is 1. The van der Waals surface area contributed by atoms with Gasteiger partial charge in [-0.05, 0) is 36.3 Å². The normalized spacial score (nSPS) is 14.9. The summed E-state index contributed by atoms with van der Waals surface area (Å²) in [4.78, 5) is 33.1. The minimum Gasteiger partial charge on any atom is -0.394 e. The van der Waals surface area contributed by atoms with Crippen LogP contribution in [0, 0.1) is 6.92 Å². The van der Waals surface area contributed by atoms with Crippen molar-refractivity contribution in [2.45, 2.75) is 13.5 Å². The van der Waals surface area contributed by atoms with Gasteiger partial charge in [0.05, 0.1) is 36.8 Å². The van der Waals surface area contributed by atoms with Crippen molar-refractivity contribution in [3.63, 3.8) is 0 Å². The van der Waals surface area contributed by atoms with Crippen LogP contribution < -0.4 is 10.9 Å². The van der Waals surface area contributed by atoms with Gasteiger partial charge in [-0.2, -0.15) is 0 Å². The van der Waals surface area contributed by atoms with Crippen molar-refractivity contribution in [2.75, 3.05) is 31.7 Å². The van der Waals surface area contributed by atoms with Crippen LogP contribution in [0.2, 0.25) is 5.02 Å². The average molecular weight is 531 g/mol. The second kappa shape index (κ2) is 11.3. The molecule has 0 aliphatic carbocycles. The highest BCUT2D eigenvalue weighted by molar-refractivity contribution is 8.26. The molecule has 0 spiro atoms. The maximum Gasteiger partial charge on any atom is 0.267 e. The van der Waals surface area contributed by atoms with Crippen molar-refractivity contribution in [1.82, 2.24) is 14.3 Å². The molecular formula is C24H23ClN4O4S2. The molecule has 0 radical (unpaired) electrons. The van der Waals surface area contributed by atoms with Crippen LogP contribution in [-0.4, -0.2) is 56.0 Å². The molecule has 1 amide bonds. The molecule has 1 aliphatic rings. The predicted molar refractivity (Wildman–Crippen MR) is 143 cm³/mol. The topological polar surface area (TPSA) is 96.2 Å². The van der Waals surface area contributed by atoms with Crippen LogP contribution >= 0.6 is 35.6 Å². The molecule has 0 atom stereocenters. The zero-order valence-corrected chi connectivity index (χ0v) is 21.3. The van der Waals surface area contributed by atoms with Crippen LogP contribution in [0.5, 0.6) is 0 Å². The molecule has 0 saturated carbocycles. The monoisotopic (exact) mass is 530 g/mol. The maximum absolute atomic E-state index is 13.4. The van der Waals surface area contributed by atoms with Gasteiger partial charge in [-0.15, -0.1) is 0 Å². The summed E-state index contributed by atoms with van der Waals surface area (Å²) in [5, 5.41) is 12.6. The van der Waals surface area contributed by atoms with Gasteiger partial charge >= 0.3 is 0 Å². The van der Waals surface area contributed by atoms with E-state index in [2.05, 4.69) is 10.3 Å². The van der Waals surface area contributed by atoms with Crippen LogP contribution in [0.4, 0.5) is 5.82 Å². The number of anilines is 1. The van der Waals surface area contributed by atoms with Gasteiger partial charge in [0.1, 0.15) is 15.8 Å². The number of aliphatic hydroxyl groups is 1. The molecule has 1 aromatic carbocycles. The van der Waals surface area contributed by atoms with E-state index in [0.29, 0.717) is 38.9 Å². The van der Waals surface area contributed by atoms with Gasteiger partial charge in [-0.25, -0.2) is 4.98 Å². The fraction of sp³-hybridized carbons (Fsp3) is 0.250. The number of thiocarbonyl (C=S) groups is 1. The SMILES string of the molecule is Cc1cccn2c(=O)c(/C=C3/SC(=S)N(Cc4ccccc4Cl)C3=O)c(NCCOCCO)nc12. The fourth-order valence-corrected chi connectivity index (χ4v) is 4.98. The molecule has 2 N–H and O–H groups in total. The molecule has 8 nitrogen and oxygen atoms in total. The van der Waals surface area contributed by atoms with Gasteiger partial charge in [-0.3, -0.25) is 18.9 Å². The fourth-order valence-electron chi connectivity index (χ4n) is 3.55. The van der Waals surface area contributed by atoms with Crippen molar-refractivity contribution in [3.05, 3.63) is 79.6 Å². The maximum atomic E-state index is 13.4. The number of aromatic nitrogens is 2. The van der Waals surface area contributed by atoms with Crippen LogP contribution in [0.15, 0.2) is 52.3 Å². The van der Waals surface area contributed by atoms with E-state index in [1.54, 1.807) is 18.3 Å². The Morgan fingerprint density at radius 2 is 2.03 bits per heavy atom. The van der Waals surface area contributed by atoms with Gasteiger partial charge < -0.3 is 15.2 Å². The van der Waals surface area contributed by atoms with Crippen molar-refractivity contribution < 1.29 is 14.6 Å². The first kappa shape index (κ1) is 25.3. The van der Waals surface area contributed by atoms with Gasteiger partial charge in [0.25, 0.3) is 11.5 Å². The Labute approximate surface area is 216 Å². The molecule has 1 aliphatic heterocycles. The highest BCUT2D eigenvalue weighted by Gasteiger charge is 2.33. The highest BCUT2D eigenvalue weighted by atomic mass is 35.5. The molecule has 11 heteroatoms. The first-order chi connectivity index (χ1) is 16.9. The number of rotatable bonds is 9.